The number of allylic oxidation sites excluding steroid dienone is 2. The normalized spacial score (nSPS) is 22.1. The fraction of sp³-hybridized carbons (Fsp3) is 0.789. The summed E-state index contributed by atoms with van der Waals surface area (Å²) >= 11 is 0. The summed E-state index contributed by atoms with van der Waals surface area (Å²) in [6, 6.07) is 0. The van der Waals surface area contributed by atoms with Crippen molar-refractivity contribution >= 4 is 11.9 Å². The first-order valence-corrected chi connectivity index (χ1v) is 9.04. The zero-order valence-corrected chi connectivity index (χ0v) is 14.8. The lowest BCUT2D eigenvalue weighted by atomic mass is 9.83. The van der Waals surface area contributed by atoms with Gasteiger partial charge in [0.25, 0.3) is 0 Å². The third kappa shape index (κ3) is 7.19. The second kappa shape index (κ2) is 10.5. The molecule has 0 amide bonds. The lowest BCUT2D eigenvalue weighted by Gasteiger charge is -2.26. The fourth-order valence-corrected chi connectivity index (χ4v) is 3.05. The van der Waals surface area contributed by atoms with Crippen molar-refractivity contribution in [2.75, 3.05) is 0 Å². The molecule has 0 saturated carbocycles. The molecule has 3 atom stereocenters. The van der Waals surface area contributed by atoms with Crippen LogP contribution in [0.2, 0.25) is 0 Å². The number of unbranched alkanes of at least 4 members (excludes halogenated alkanes) is 1. The van der Waals surface area contributed by atoms with E-state index in [2.05, 4.69) is 20.8 Å². The quantitative estimate of drug-likeness (QED) is 0.472. The SMILES string of the molecule is CCCCC(CCCC(C)C)OC(=O)C1CC=CCC1C(=O)O. The lowest BCUT2D eigenvalue weighted by Crippen LogP contribution is -2.34. The van der Waals surface area contributed by atoms with E-state index in [1.807, 2.05) is 12.2 Å². The molecule has 1 N–H and O–H groups in total. The van der Waals surface area contributed by atoms with E-state index in [-0.39, 0.29) is 12.1 Å². The minimum Gasteiger partial charge on any atom is -0.481 e. The fourth-order valence-electron chi connectivity index (χ4n) is 3.05. The Morgan fingerprint density at radius 1 is 1.09 bits per heavy atom. The summed E-state index contributed by atoms with van der Waals surface area (Å²) in [5.74, 6) is -1.76. The summed E-state index contributed by atoms with van der Waals surface area (Å²) in [5.41, 5.74) is 0. The van der Waals surface area contributed by atoms with Gasteiger partial charge in [0.2, 0.25) is 0 Å². The highest BCUT2D eigenvalue weighted by atomic mass is 16.5. The van der Waals surface area contributed by atoms with Crippen LogP contribution in [0, 0.1) is 17.8 Å². The highest BCUT2D eigenvalue weighted by molar-refractivity contribution is 5.81. The molecule has 4 nitrogen and oxygen atoms in total. The van der Waals surface area contributed by atoms with E-state index in [9.17, 15) is 14.7 Å². The third-order valence-corrected chi connectivity index (χ3v) is 4.52. The Hall–Kier alpha value is -1.32. The number of carboxylic acids is 1. The molecule has 0 heterocycles. The molecule has 0 aromatic rings. The molecule has 1 rings (SSSR count). The van der Waals surface area contributed by atoms with Crippen molar-refractivity contribution in [2.24, 2.45) is 17.8 Å². The van der Waals surface area contributed by atoms with Gasteiger partial charge in [-0.15, -0.1) is 0 Å². The summed E-state index contributed by atoms with van der Waals surface area (Å²) in [4.78, 5) is 23.8. The Labute approximate surface area is 140 Å². The molecule has 0 saturated heterocycles. The van der Waals surface area contributed by atoms with Crippen LogP contribution in [-0.2, 0) is 14.3 Å². The number of hydrogen-bond acceptors (Lipinski definition) is 3. The zero-order chi connectivity index (χ0) is 17.2. The van der Waals surface area contributed by atoms with Gasteiger partial charge in [-0.05, 0) is 38.0 Å². The van der Waals surface area contributed by atoms with Crippen LogP contribution in [-0.4, -0.2) is 23.1 Å². The second-order valence-electron chi connectivity index (χ2n) is 7.02. The van der Waals surface area contributed by atoms with Gasteiger partial charge < -0.3 is 9.84 Å². The molecule has 3 unspecified atom stereocenters. The Balaban J connectivity index is 2.59. The first kappa shape index (κ1) is 19.7. The summed E-state index contributed by atoms with van der Waals surface area (Å²) in [5, 5.41) is 9.29. The van der Waals surface area contributed by atoms with Crippen LogP contribution < -0.4 is 0 Å². The van der Waals surface area contributed by atoms with Crippen molar-refractivity contribution in [3.05, 3.63) is 12.2 Å². The summed E-state index contributed by atoms with van der Waals surface area (Å²) in [6.07, 6.45) is 10.6. The molecule has 0 spiro atoms. The topological polar surface area (TPSA) is 63.6 Å². The Morgan fingerprint density at radius 2 is 1.70 bits per heavy atom. The number of ether oxygens (including phenoxy) is 1. The summed E-state index contributed by atoms with van der Waals surface area (Å²) in [6.45, 7) is 6.51. The number of esters is 1. The molecule has 132 valence electrons. The van der Waals surface area contributed by atoms with Gasteiger partial charge in [0, 0.05) is 0 Å². The highest BCUT2D eigenvalue weighted by Gasteiger charge is 2.36. The van der Waals surface area contributed by atoms with Crippen LogP contribution >= 0.6 is 0 Å². The Kier molecular flexibility index (Phi) is 8.97. The number of hydrogen-bond donors (Lipinski definition) is 1. The lowest BCUT2D eigenvalue weighted by molar-refractivity contribution is -0.162. The summed E-state index contributed by atoms with van der Waals surface area (Å²) in [7, 11) is 0. The van der Waals surface area contributed by atoms with Crippen LogP contribution in [0.4, 0.5) is 0 Å². The van der Waals surface area contributed by atoms with Crippen LogP contribution in [0.25, 0.3) is 0 Å². The van der Waals surface area contributed by atoms with Crippen molar-refractivity contribution in [1.82, 2.24) is 0 Å². The minimum absolute atomic E-state index is 0.0680. The number of carbonyl (C=O) groups excluding carboxylic acids is 1. The molecule has 0 aromatic heterocycles. The second-order valence-corrected chi connectivity index (χ2v) is 7.02. The van der Waals surface area contributed by atoms with Crippen LogP contribution in [0.5, 0.6) is 0 Å². The van der Waals surface area contributed by atoms with E-state index >= 15 is 0 Å². The first-order valence-electron chi connectivity index (χ1n) is 9.04. The number of aliphatic carboxylic acids is 1. The van der Waals surface area contributed by atoms with E-state index in [4.69, 9.17) is 4.74 Å². The number of carboxylic acid groups (broad SMARTS) is 1. The average molecular weight is 324 g/mol. The molecule has 4 heteroatoms. The molecule has 0 fully saturated rings. The van der Waals surface area contributed by atoms with Gasteiger partial charge in [-0.25, -0.2) is 0 Å². The van der Waals surface area contributed by atoms with E-state index in [0.717, 1.165) is 38.5 Å². The molecule has 0 aliphatic heterocycles. The largest absolute Gasteiger partial charge is 0.481 e. The van der Waals surface area contributed by atoms with Crippen LogP contribution in [0.15, 0.2) is 12.2 Å². The first-order chi connectivity index (χ1) is 11.0. The molecular weight excluding hydrogens is 292 g/mol. The molecule has 1 aliphatic rings. The molecule has 0 aromatic carbocycles. The van der Waals surface area contributed by atoms with Gasteiger partial charge in [-0.2, -0.15) is 0 Å². The van der Waals surface area contributed by atoms with Crippen molar-refractivity contribution in [1.29, 1.82) is 0 Å². The molecule has 1 aliphatic carbocycles. The Bertz CT molecular complexity index is 400. The predicted octanol–water partition coefficient (Wildman–Crippen LogP) is 4.58. The molecule has 0 bridgehead atoms. The van der Waals surface area contributed by atoms with Crippen molar-refractivity contribution < 1.29 is 19.4 Å². The van der Waals surface area contributed by atoms with E-state index in [1.54, 1.807) is 0 Å². The van der Waals surface area contributed by atoms with Crippen LogP contribution in [0.1, 0.15) is 72.1 Å². The standard InChI is InChI=1S/C19H32O4/c1-4-5-10-15(11-8-9-14(2)3)23-19(22)17-13-7-6-12-16(17)18(20)21/h6-7,14-17H,4-5,8-13H2,1-3H3,(H,20,21). The van der Waals surface area contributed by atoms with E-state index in [1.165, 1.54) is 0 Å². The maximum atomic E-state index is 12.5. The van der Waals surface area contributed by atoms with Crippen LogP contribution in [0.3, 0.4) is 0 Å². The van der Waals surface area contributed by atoms with Gasteiger partial charge in [0.1, 0.15) is 6.10 Å². The monoisotopic (exact) mass is 324 g/mol. The van der Waals surface area contributed by atoms with Crippen molar-refractivity contribution in [2.45, 2.75) is 78.2 Å². The van der Waals surface area contributed by atoms with Gasteiger partial charge >= 0.3 is 11.9 Å². The predicted molar refractivity (Wildman–Crippen MR) is 91.1 cm³/mol. The molecular formula is C19H32O4. The van der Waals surface area contributed by atoms with E-state index in [0.29, 0.717) is 18.8 Å². The third-order valence-electron chi connectivity index (χ3n) is 4.52. The van der Waals surface area contributed by atoms with Gasteiger partial charge in [-0.1, -0.05) is 52.2 Å². The van der Waals surface area contributed by atoms with Gasteiger partial charge in [-0.3, -0.25) is 9.59 Å². The van der Waals surface area contributed by atoms with Crippen molar-refractivity contribution in [3.8, 4) is 0 Å². The van der Waals surface area contributed by atoms with E-state index < -0.39 is 17.8 Å². The number of rotatable bonds is 10. The smallest absolute Gasteiger partial charge is 0.310 e. The Morgan fingerprint density at radius 3 is 2.26 bits per heavy atom. The molecule has 23 heavy (non-hydrogen) atoms. The molecule has 0 radical (unpaired) electrons. The maximum Gasteiger partial charge on any atom is 0.310 e. The number of carbonyl (C=O) groups is 2. The average Bonchev–Trinajstić information content (AvgIpc) is 2.51. The zero-order valence-electron chi connectivity index (χ0n) is 14.8. The van der Waals surface area contributed by atoms with Crippen molar-refractivity contribution in [3.63, 3.8) is 0 Å². The van der Waals surface area contributed by atoms with Gasteiger partial charge in [0.15, 0.2) is 0 Å². The van der Waals surface area contributed by atoms with Gasteiger partial charge in [0.05, 0.1) is 11.8 Å². The highest BCUT2D eigenvalue weighted by Crippen LogP contribution is 2.28. The maximum absolute atomic E-state index is 12.5. The summed E-state index contributed by atoms with van der Waals surface area (Å²) < 4.78 is 5.72. The minimum atomic E-state index is -0.902.